The smallest absolute Gasteiger partial charge is 0.407 e. The number of alkyl carbamates (subject to hydrolysis) is 2. The minimum atomic E-state index is -0.771. The van der Waals surface area contributed by atoms with Crippen molar-refractivity contribution in [3.63, 3.8) is 0 Å². The number of hydrogen-bond donors (Lipinski definition) is 4. The molecule has 3 unspecified atom stereocenters. The maximum absolute atomic E-state index is 17.0. The van der Waals surface area contributed by atoms with Crippen LogP contribution in [0.4, 0.5) is 14.0 Å². The van der Waals surface area contributed by atoms with Crippen molar-refractivity contribution in [3.8, 4) is 39.5 Å². The van der Waals surface area contributed by atoms with Gasteiger partial charge in [-0.2, -0.15) is 0 Å². The fourth-order valence-corrected chi connectivity index (χ4v) is 12.9. The van der Waals surface area contributed by atoms with Crippen molar-refractivity contribution in [1.82, 2.24) is 44.9 Å². The van der Waals surface area contributed by atoms with Crippen LogP contribution in [-0.4, -0.2) is 110 Å². The number of benzene rings is 2. The van der Waals surface area contributed by atoms with Gasteiger partial charge in [-0.15, -0.1) is 11.3 Å². The van der Waals surface area contributed by atoms with E-state index in [2.05, 4.69) is 43.4 Å². The number of nitrogens with zero attached hydrogens (tertiary/aromatic N) is 5. The SMILES string of the molecule is COC(=O)NC(C(=O)N1CCC[C@H]1c1ncc(-c2ccc3c(c2)cc2n3C(c3ccc(C4CC4)s3)Oc3cc(-c4c[nH]c([C@@H]5CCCN5C(=O)[C@@H](NC(=O)OC)C(C)C)n4)cc(F)c3-2)[nH]1)C1C[C@@H](C)O[C@@H](C)C1. The fraction of sp³-hybridized carbons (Fsp3) is 0.481. The molecule has 384 valence electrons. The third kappa shape index (κ3) is 9.23. The summed E-state index contributed by atoms with van der Waals surface area (Å²) in [4.78, 5) is 75.5. The van der Waals surface area contributed by atoms with Crippen LogP contribution in [0, 0.1) is 17.7 Å². The van der Waals surface area contributed by atoms with Crippen molar-refractivity contribution in [3.05, 3.63) is 88.1 Å². The van der Waals surface area contributed by atoms with Gasteiger partial charge in [0.1, 0.15) is 35.3 Å². The Morgan fingerprint density at radius 2 is 1.53 bits per heavy atom. The summed E-state index contributed by atoms with van der Waals surface area (Å²) in [5.41, 5.74) is 4.58. The predicted octanol–water partition coefficient (Wildman–Crippen LogP) is 9.74. The molecule has 17 nitrogen and oxygen atoms in total. The first-order valence-electron chi connectivity index (χ1n) is 25.6. The first-order valence-corrected chi connectivity index (χ1v) is 26.4. The summed E-state index contributed by atoms with van der Waals surface area (Å²) in [6.07, 6.45) is 8.09. The normalized spacial score (nSPS) is 23.5. The Kier molecular flexibility index (Phi) is 13.0. The molecule has 8 heterocycles. The van der Waals surface area contributed by atoms with Crippen LogP contribution >= 0.6 is 11.3 Å². The molecule has 8 atom stereocenters. The van der Waals surface area contributed by atoms with E-state index in [1.165, 1.54) is 25.2 Å². The van der Waals surface area contributed by atoms with Gasteiger partial charge >= 0.3 is 12.2 Å². The number of fused-ring (bicyclic) bond motifs is 5. The van der Waals surface area contributed by atoms with Crippen molar-refractivity contribution in [2.75, 3.05) is 27.3 Å². The average molecular weight is 1020 g/mol. The van der Waals surface area contributed by atoms with Crippen molar-refractivity contribution in [2.45, 2.75) is 128 Å². The monoisotopic (exact) mass is 1020 g/mol. The van der Waals surface area contributed by atoms with Gasteiger partial charge in [0.25, 0.3) is 0 Å². The van der Waals surface area contributed by atoms with Gasteiger partial charge in [-0.05, 0) is 125 Å². The number of nitrogens with one attached hydrogen (secondary N) is 4. The first kappa shape index (κ1) is 48.5. The standard InChI is InChI=1S/C54H62FN9O8S/c1-27(2)46(60-53(67)69-5)50(65)62-17-7-9-39(62)49-57-26-37(59-49)32-22-35(55)45-41-23-33-21-31(13-14-38(33)64(41)52(72-42(45)24-32)44-16-15-43(73-44)30-11-12-30)36-25-56-48(58-36)40-10-8-18-63(40)51(66)47(61-54(68)70-6)34-19-28(3)71-29(4)20-34/h13-16,21-30,34,39-40,46-47,52H,7-12,17-20H2,1-6H3,(H,56,58)(H,57,59)(H,60,67)(H,61,68)/t28-,29+,34?,39-,40-,46-,47?,52?/m0/s1. The van der Waals surface area contributed by atoms with Gasteiger partial charge in [-0.1, -0.05) is 19.9 Å². The van der Waals surface area contributed by atoms with E-state index in [0.717, 1.165) is 52.7 Å². The third-order valence-electron chi connectivity index (χ3n) is 15.3. The number of ether oxygens (including phenoxy) is 4. The fourth-order valence-electron chi connectivity index (χ4n) is 11.7. The van der Waals surface area contributed by atoms with Crippen molar-refractivity contribution < 1.29 is 42.5 Å². The second-order valence-electron chi connectivity index (χ2n) is 20.7. The molecular weight excluding hydrogens is 954 g/mol. The summed E-state index contributed by atoms with van der Waals surface area (Å²) < 4.78 is 41.8. The van der Waals surface area contributed by atoms with E-state index < -0.39 is 36.3 Å². The molecule has 6 aromatic rings. The third-order valence-corrected chi connectivity index (χ3v) is 16.6. The van der Waals surface area contributed by atoms with E-state index in [1.54, 1.807) is 28.6 Å². The van der Waals surface area contributed by atoms with Crippen LogP contribution in [0.1, 0.15) is 125 Å². The van der Waals surface area contributed by atoms with Gasteiger partial charge in [0, 0.05) is 40.7 Å². The summed E-state index contributed by atoms with van der Waals surface area (Å²) >= 11 is 1.73. The van der Waals surface area contributed by atoms with Crippen LogP contribution < -0.4 is 15.4 Å². The molecule has 4 N–H and O–H groups in total. The quantitative estimate of drug-likeness (QED) is 0.0916. The number of methoxy groups -OCH3 is 2. The van der Waals surface area contributed by atoms with E-state index in [1.807, 2.05) is 56.9 Å². The maximum Gasteiger partial charge on any atom is 0.407 e. The lowest BCUT2D eigenvalue weighted by Gasteiger charge is -2.38. The highest BCUT2D eigenvalue weighted by molar-refractivity contribution is 7.12. The molecule has 4 amide bonds. The van der Waals surface area contributed by atoms with Gasteiger partial charge in [0.05, 0.1) is 77.7 Å². The molecule has 0 radical (unpaired) electrons. The zero-order valence-electron chi connectivity index (χ0n) is 41.9. The van der Waals surface area contributed by atoms with Crippen molar-refractivity contribution >= 4 is 46.2 Å². The number of aromatic amines is 2. The Morgan fingerprint density at radius 3 is 2.25 bits per heavy atom. The molecule has 0 bridgehead atoms. The van der Waals surface area contributed by atoms with Gasteiger partial charge in [0.2, 0.25) is 18.0 Å². The first-order chi connectivity index (χ1) is 35.3. The zero-order valence-corrected chi connectivity index (χ0v) is 42.7. The largest absolute Gasteiger partial charge is 0.464 e. The van der Waals surface area contributed by atoms with E-state index >= 15 is 4.39 Å². The van der Waals surface area contributed by atoms with Crippen LogP contribution in [0.15, 0.2) is 60.9 Å². The molecular formula is C54H62FN9O8S. The number of H-pyrrole nitrogens is 2. The highest BCUT2D eigenvalue weighted by Gasteiger charge is 2.43. The minimum absolute atomic E-state index is 0.0494. The van der Waals surface area contributed by atoms with E-state index in [4.69, 9.17) is 28.9 Å². The van der Waals surface area contributed by atoms with Gasteiger partial charge < -0.3 is 49.3 Å². The van der Waals surface area contributed by atoms with Crippen LogP contribution in [0.5, 0.6) is 5.75 Å². The van der Waals surface area contributed by atoms with Gasteiger partial charge in [0.15, 0.2) is 0 Å². The molecule has 19 heteroatoms. The number of likely N-dealkylation sites (tertiary alicyclic amines) is 2. The second-order valence-corrected chi connectivity index (χ2v) is 21.8. The van der Waals surface area contributed by atoms with Gasteiger partial charge in [-0.25, -0.2) is 23.9 Å². The van der Waals surface area contributed by atoms with Crippen LogP contribution in [0.3, 0.4) is 0 Å². The molecule has 11 rings (SSSR count). The lowest BCUT2D eigenvalue weighted by atomic mass is 9.85. The number of carbonyl (C=O) groups is 4. The number of halogens is 1. The van der Waals surface area contributed by atoms with Crippen LogP contribution in [-0.2, 0) is 23.8 Å². The van der Waals surface area contributed by atoms with Crippen LogP contribution in [0.25, 0.3) is 44.7 Å². The number of imidazole rings is 2. The Bertz CT molecular complexity index is 3080. The molecule has 73 heavy (non-hydrogen) atoms. The molecule has 4 aromatic heterocycles. The summed E-state index contributed by atoms with van der Waals surface area (Å²) in [7, 11) is 2.57. The lowest BCUT2D eigenvalue weighted by molar-refractivity contribution is -0.138. The van der Waals surface area contributed by atoms with Crippen molar-refractivity contribution in [2.24, 2.45) is 11.8 Å². The number of amides is 4. The summed E-state index contributed by atoms with van der Waals surface area (Å²) in [6.45, 7) is 8.78. The summed E-state index contributed by atoms with van der Waals surface area (Å²) in [6, 6.07) is 13.6. The highest BCUT2D eigenvalue weighted by atomic mass is 32.1. The Labute approximate surface area is 426 Å². The number of thiophene rings is 1. The van der Waals surface area contributed by atoms with E-state index in [9.17, 15) is 19.2 Å². The molecule has 1 aliphatic carbocycles. The molecule has 1 saturated carbocycles. The van der Waals surface area contributed by atoms with Crippen molar-refractivity contribution in [1.29, 1.82) is 0 Å². The lowest BCUT2D eigenvalue weighted by Crippen LogP contribution is -2.54. The van der Waals surface area contributed by atoms with E-state index in [-0.39, 0.29) is 47.9 Å². The Balaban J connectivity index is 0.893. The molecule has 5 aliphatic rings. The molecule has 0 spiro atoms. The number of rotatable bonds is 12. The number of hydrogen-bond acceptors (Lipinski definition) is 11. The molecule has 3 saturated heterocycles. The van der Waals surface area contributed by atoms with Crippen LogP contribution in [0.2, 0.25) is 0 Å². The number of carbonyl (C=O) groups excluding carboxylic acids is 4. The summed E-state index contributed by atoms with van der Waals surface area (Å²) in [5.74, 6) is 1.06. The number of aromatic nitrogens is 5. The molecule has 2 aromatic carbocycles. The predicted molar refractivity (Wildman–Crippen MR) is 271 cm³/mol. The Morgan fingerprint density at radius 1 is 0.836 bits per heavy atom. The minimum Gasteiger partial charge on any atom is -0.464 e. The average Bonchev–Trinajstić information content (AvgIpc) is 4.10. The van der Waals surface area contributed by atoms with E-state index in [0.29, 0.717) is 84.6 Å². The highest BCUT2D eigenvalue weighted by Crippen LogP contribution is 2.50. The topological polar surface area (TPSA) is 198 Å². The maximum atomic E-state index is 17.0. The van der Waals surface area contributed by atoms with Gasteiger partial charge in [-0.3, -0.25) is 14.2 Å². The molecule has 4 aliphatic heterocycles. The summed E-state index contributed by atoms with van der Waals surface area (Å²) in [5, 5.41) is 6.44. The Hall–Kier alpha value is -6.73. The second kappa shape index (κ2) is 19.6. The zero-order chi connectivity index (χ0) is 50.8. The molecule has 4 fully saturated rings.